The molecule has 4 rings (SSSR count). The lowest BCUT2D eigenvalue weighted by molar-refractivity contribution is -0.141. The predicted octanol–water partition coefficient (Wildman–Crippen LogP) is 2.05. The Balaban J connectivity index is 1.42. The topological polar surface area (TPSA) is 57.6 Å². The summed E-state index contributed by atoms with van der Waals surface area (Å²) in [5.41, 5.74) is -0.334. The average molecular weight is 394 g/mol. The Morgan fingerprint density at radius 3 is 2.21 bits per heavy atom. The van der Waals surface area contributed by atoms with Gasteiger partial charge in [-0.25, -0.2) is 4.98 Å². The maximum atomic E-state index is 12.9. The first-order valence-electron chi connectivity index (χ1n) is 9.19. The van der Waals surface area contributed by atoms with Crippen molar-refractivity contribution in [2.24, 2.45) is 0 Å². The summed E-state index contributed by atoms with van der Waals surface area (Å²) in [5, 5.41) is 0. The van der Waals surface area contributed by atoms with E-state index in [1.807, 2.05) is 11.0 Å². The maximum absolute atomic E-state index is 12.9. The number of morpholine rings is 1. The van der Waals surface area contributed by atoms with Crippen LogP contribution in [0.15, 0.2) is 30.6 Å². The minimum atomic E-state index is -4.44. The lowest BCUT2D eigenvalue weighted by Gasteiger charge is -2.36. The zero-order valence-electron chi connectivity index (χ0n) is 15.3. The molecule has 0 aromatic carbocycles. The van der Waals surface area contributed by atoms with E-state index >= 15 is 0 Å². The number of hydrogen-bond acceptors (Lipinski definition) is 7. The number of anilines is 3. The van der Waals surface area contributed by atoms with E-state index in [9.17, 15) is 13.2 Å². The third kappa shape index (κ3) is 4.11. The van der Waals surface area contributed by atoms with E-state index in [-0.39, 0.29) is 0 Å². The molecule has 2 saturated heterocycles. The molecule has 4 heterocycles. The molecule has 0 unspecified atom stereocenters. The van der Waals surface area contributed by atoms with Crippen LogP contribution in [0.25, 0.3) is 0 Å². The summed E-state index contributed by atoms with van der Waals surface area (Å²) in [6.45, 7) is 5.42. The van der Waals surface area contributed by atoms with Crippen molar-refractivity contribution in [2.45, 2.75) is 6.18 Å². The summed E-state index contributed by atoms with van der Waals surface area (Å²) < 4.78 is 44.1. The summed E-state index contributed by atoms with van der Waals surface area (Å²) >= 11 is 0. The van der Waals surface area contributed by atoms with E-state index in [2.05, 4.69) is 24.8 Å². The first kappa shape index (κ1) is 18.7. The smallest absolute Gasteiger partial charge is 0.378 e. The minimum Gasteiger partial charge on any atom is -0.378 e. The summed E-state index contributed by atoms with van der Waals surface area (Å²) in [4.78, 5) is 18.6. The number of piperazine rings is 1. The van der Waals surface area contributed by atoms with Crippen molar-refractivity contribution >= 4 is 17.5 Å². The second-order valence-electron chi connectivity index (χ2n) is 6.69. The average Bonchev–Trinajstić information content (AvgIpc) is 2.74. The molecule has 0 spiro atoms. The van der Waals surface area contributed by atoms with Gasteiger partial charge in [0.2, 0.25) is 5.95 Å². The summed E-state index contributed by atoms with van der Waals surface area (Å²) in [5.74, 6) is 1.52. The van der Waals surface area contributed by atoms with E-state index in [0.29, 0.717) is 51.0 Å². The van der Waals surface area contributed by atoms with Crippen LogP contribution in [0.3, 0.4) is 0 Å². The number of alkyl halides is 3. The van der Waals surface area contributed by atoms with Crippen LogP contribution in [0.5, 0.6) is 0 Å². The molecule has 10 heteroatoms. The van der Waals surface area contributed by atoms with Crippen molar-refractivity contribution in [3.8, 4) is 0 Å². The molecule has 0 amide bonds. The van der Waals surface area contributed by atoms with Crippen molar-refractivity contribution in [3.63, 3.8) is 0 Å². The van der Waals surface area contributed by atoms with Crippen molar-refractivity contribution in [1.29, 1.82) is 0 Å². The molecule has 7 nitrogen and oxygen atoms in total. The van der Waals surface area contributed by atoms with Crippen LogP contribution < -0.4 is 14.7 Å². The van der Waals surface area contributed by atoms with Crippen LogP contribution in [-0.2, 0) is 10.9 Å². The Bertz CT molecular complexity index is 804. The fourth-order valence-electron chi connectivity index (χ4n) is 3.40. The highest BCUT2D eigenvalue weighted by Crippen LogP contribution is 2.30. The number of hydrogen-bond donors (Lipinski definition) is 0. The van der Waals surface area contributed by atoms with Crippen LogP contribution in [0.4, 0.5) is 30.6 Å². The monoisotopic (exact) mass is 394 g/mol. The third-order valence-electron chi connectivity index (χ3n) is 4.92. The molecule has 0 saturated carbocycles. The van der Waals surface area contributed by atoms with Gasteiger partial charge in [0.05, 0.1) is 13.2 Å². The highest BCUT2D eigenvalue weighted by atomic mass is 19.4. The van der Waals surface area contributed by atoms with Gasteiger partial charge in [-0.1, -0.05) is 0 Å². The molecular formula is C18H21F3N6O. The first-order valence-corrected chi connectivity index (χ1v) is 9.19. The van der Waals surface area contributed by atoms with Gasteiger partial charge in [0.25, 0.3) is 0 Å². The van der Waals surface area contributed by atoms with E-state index in [1.54, 1.807) is 12.3 Å². The number of halogens is 3. The lowest BCUT2D eigenvalue weighted by atomic mass is 10.2. The van der Waals surface area contributed by atoms with Gasteiger partial charge in [-0.2, -0.15) is 18.2 Å². The number of aromatic nitrogens is 3. The highest BCUT2D eigenvalue weighted by molar-refractivity contribution is 5.50. The zero-order valence-corrected chi connectivity index (χ0v) is 15.3. The molecule has 0 bridgehead atoms. The molecule has 2 aromatic rings. The Morgan fingerprint density at radius 1 is 0.821 bits per heavy atom. The molecular weight excluding hydrogens is 373 g/mol. The first-order chi connectivity index (χ1) is 13.5. The standard InChI is InChI=1S/C18H21F3N6O/c19-18(20,21)15-13-14(1-3-22-15)25-5-7-27(8-6-25)17-23-4-2-16(24-17)26-9-11-28-12-10-26/h1-4,13H,5-12H2. The van der Waals surface area contributed by atoms with E-state index in [4.69, 9.17) is 4.74 Å². The van der Waals surface area contributed by atoms with Gasteiger partial charge in [0.1, 0.15) is 11.5 Å². The highest BCUT2D eigenvalue weighted by Gasteiger charge is 2.33. The number of rotatable bonds is 3. The number of nitrogens with zero attached hydrogens (tertiary/aromatic N) is 6. The second kappa shape index (κ2) is 7.78. The van der Waals surface area contributed by atoms with Gasteiger partial charge in [-0.3, -0.25) is 4.98 Å². The van der Waals surface area contributed by atoms with Crippen molar-refractivity contribution in [3.05, 3.63) is 36.3 Å². The minimum absolute atomic E-state index is 0.532. The quantitative estimate of drug-likeness (QED) is 0.790. The van der Waals surface area contributed by atoms with Gasteiger partial charge < -0.3 is 19.4 Å². The fraction of sp³-hybridized carbons (Fsp3) is 0.500. The van der Waals surface area contributed by atoms with Gasteiger partial charge in [0.15, 0.2) is 0 Å². The van der Waals surface area contributed by atoms with Gasteiger partial charge in [-0.05, 0) is 18.2 Å². The lowest BCUT2D eigenvalue weighted by Crippen LogP contribution is -2.47. The molecule has 2 aliphatic heterocycles. The molecule has 0 aliphatic carbocycles. The zero-order chi connectivity index (χ0) is 19.6. The van der Waals surface area contributed by atoms with Crippen LogP contribution >= 0.6 is 0 Å². The van der Waals surface area contributed by atoms with Crippen LogP contribution in [0.2, 0.25) is 0 Å². The molecule has 2 aliphatic rings. The molecule has 0 N–H and O–H groups in total. The largest absolute Gasteiger partial charge is 0.433 e. The molecule has 2 fully saturated rings. The van der Waals surface area contributed by atoms with Gasteiger partial charge in [-0.15, -0.1) is 0 Å². The normalized spacial score (nSPS) is 18.5. The van der Waals surface area contributed by atoms with E-state index in [1.165, 1.54) is 6.20 Å². The van der Waals surface area contributed by atoms with Gasteiger partial charge >= 0.3 is 6.18 Å². The molecule has 0 radical (unpaired) electrons. The Kier molecular flexibility index (Phi) is 5.21. The second-order valence-corrected chi connectivity index (χ2v) is 6.69. The van der Waals surface area contributed by atoms with Crippen molar-refractivity contribution in [2.75, 3.05) is 67.2 Å². The van der Waals surface area contributed by atoms with Gasteiger partial charge in [0, 0.05) is 57.3 Å². The van der Waals surface area contributed by atoms with Crippen LogP contribution in [-0.4, -0.2) is 67.4 Å². The molecule has 0 atom stereocenters. The predicted molar refractivity (Wildman–Crippen MR) is 98.7 cm³/mol. The van der Waals surface area contributed by atoms with Crippen LogP contribution in [0.1, 0.15) is 5.69 Å². The third-order valence-corrected chi connectivity index (χ3v) is 4.92. The Labute approximate surface area is 160 Å². The molecule has 28 heavy (non-hydrogen) atoms. The SMILES string of the molecule is FC(F)(F)c1cc(N2CCN(c3nccc(N4CCOCC4)n3)CC2)ccn1. The Hall–Kier alpha value is -2.62. The van der Waals surface area contributed by atoms with E-state index in [0.717, 1.165) is 25.0 Å². The summed E-state index contributed by atoms with van der Waals surface area (Å²) in [7, 11) is 0. The van der Waals surface area contributed by atoms with E-state index < -0.39 is 11.9 Å². The number of ether oxygens (including phenoxy) is 1. The van der Waals surface area contributed by atoms with Crippen LogP contribution in [0, 0.1) is 0 Å². The molecule has 150 valence electrons. The Morgan fingerprint density at radius 2 is 1.50 bits per heavy atom. The summed E-state index contributed by atoms with van der Waals surface area (Å²) in [6.07, 6.45) is -1.48. The maximum Gasteiger partial charge on any atom is 0.433 e. The molecule has 2 aromatic heterocycles. The van der Waals surface area contributed by atoms with Crippen molar-refractivity contribution < 1.29 is 17.9 Å². The van der Waals surface area contributed by atoms with Crippen molar-refractivity contribution in [1.82, 2.24) is 15.0 Å². The fourth-order valence-corrected chi connectivity index (χ4v) is 3.40. The number of pyridine rings is 1. The summed E-state index contributed by atoms with van der Waals surface area (Å²) in [6, 6.07) is 4.60.